The lowest BCUT2D eigenvalue weighted by Crippen LogP contribution is -2.43. The minimum absolute atomic E-state index is 0.0935. The van der Waals surface area contributed by atoms with E-state index in [1.807, 2.05) is 0 Å². The Balaban J connectivity index is 1.98. The molecule has 3 N–H and O–H groups in total. The molecule has 2 rings (SSSR count). The third-order valence-corrected chi connectivity index (χ3v) is 5.02. The molecule has 0 bridgehead atoms. The van der Waals surface area contributed by atoms with Crippen molar-refractivity contribution >= 4 is 17.9 Å². The van der Waals surface area contributed by atoms with Crippen LogP contribution in [-0.2, 0) is 9.59 Å². The van der Waals surface area contributed by atoms with Crippen LogP contribution in [0.25, 0.3) is 6.08 Å². The summed E-state index contributed by atoms with van der Waals surface area (Å²) in [7, 11) is 1.51. The van der Waals surface area contributed by atoms with Gasteiger partial charge in [-0.25, -0.2) is 0 Å². The molecule has 0 aromatic heterocycles. The van der Waals surface area contributed by atoms with Gasteiger partial charge in [-0.2, -0.15) is 0 Å². The molecule has 1 saturated carbocycles. The molecule has 0 spiro atoms. The van der Waals surface area contributed by atoms with Crippen molar-refractivity contribution in [1.82, 2.24) is 5.32 Å². The number of carbonyl (C=O) groups is 2. The first-order valence-corrected chi connectivity index (χ1v) is 8.98. The van der Waals surface area contributed by atoms with E-state index in [-0.39, 0.29) is 18.6 Å². The molecule has 0 radical (unpaired) electrons. The van der Waals surface area contributed by atoms with Gasteiger partial charge in [0.1, 0.15) is 0 Å². The number of hydrogen-bond donors (Lipinski definition) is 2. The average molecular weight is 360 g/mol. The Labute approximate surface area is 154 Å². The molecule has 1 aliphatic carbocycles. The molecule has 1 aromatic rings. The monoisotopic (exact) mass is 360 g/mol. The van der Waals surface area contributed by atoms with E-state index in [2.05, 4.69) is 19.2 Å². The van der Waals surface area contributed by atoms with Crippen LogP contribution in [0.5, 0.6) is 11.5 Å². The van der Waals surface area contributed by atoms with Gasteiger partial charge in [-0.15, -0.1) is 0 Å². The van der Waals surface area contributed by atoms with E-state index in [0.717, 1.165) is 18.4 Å². The van der Waals surface area contributed by atoms with Gasteiger partial charge in [0, 0.05) is 12.1 Å². The Morgan fingerprint density at radius 2 is 2.04 bits per heavy atom. The van der Waals surface area contributed by atoms with Crippen molar-refractivity contribution in [2.24, 2.45) is 17.6 Å². The first kappa shape index (κ1) is 19.8. The molecule has 0 heterocycles. The van der Waals surface area contributed by atoms with Crippen LogP contribution in [0.4, 0.5) is 0 Å². The Morgan fingerprint density at radius 1 is 1.27 bits per heavy atom. The van der Waals surface area contributed by atoms with Gasteiger partial charge >= 0.3 is 0 Å². The zero-order chi connectivity index (χ0) is 19.1. The first-order valence-electron chi connectivity index (χ1n) is 8.98. The van der Waals surface area contributed by atoms with Gasteiger partial charge in [0.15, 0.2) is 18.1 Å². The summed E-state index contributed by atoms with van der Waals surface area (Å²) >= 11 is 0. The third-order valence-electron chi connectivity index (χ3n) is 5.02. The number of ether oxygens (including phenoxy) is 2. The fourth-order valence-corrected chi connectivity index (χ4v) is 3.24. The summed E-state index contributed by atoms with van der Waals surface area (Å²) in [6.45, 7) is 4.23. The van der Waals surface area contributed by atoms with E-state index < -0.39 is 5.91 Å². The highest BCUT2D eigenvalue weighted by molar-refractivity contribution is 5.92. The molecule has 0 saturated heterocycles. The molecule has 142 valence electrons. The molecule has 3 atom stereocenters. The van der Waals surface area contributed by atoms with Crippen LogP contribution < -0.4 is 20.5 Å². The van der Waals surface area contributed by atoms with Crippen molar-refractivity contribution in [3.8, 4) is 11.5 Å². The van der Waals surface area contributed by atoms with Crippen LogP contribution in [0.2, 0.25) is 0 Å². The molecule has 6 heteroatoms. The van der Waals surface area contributed by atoms with Crippen LogP contribution in [-0.4, -0.2) is 31.6 Å². The summed E-state index contributed by atoms with van der Waals surface area (Å²) in [4.78, 5) is 23.1. The van der Waals surface area contributed by atoms with Crippen molar-refractivity contribution in [1.29, 1.82) is 0 Å². The molecule has 0 aliphatic heterocycles. The number of primary amides is 1. The highest BCUT2D eigenvalue weighted by Gasteiger charge is 2.27. The predicted octanol–water partition coefficient (Wildman–Crippen LogP) is 2.51. The van der Waals surface area contributed by atoms with Crippen LogP contribution in [0.3, 0.4) is 0 Å². The molecular weight excluding hydrogens is 332 g/mol. The third kappa shape index (κ3) is 5.51. The summed E-state index contributed by atoms with van der Waals surface area (Å²) in [6, 6.07) is 5.44. The van der Waals surface area contributed by atoms with Crippen molar-refractivity contribution in [2.45, 2.75) is 39.2 Å². The number of nitrogens with two attached hydrogens (primary N) is 1. The molecule has 1 aliphatic rings. The van der Waals surface area contributed by atoms with Gasteiger partial charge in [0.25, 0.3) is 5.91 Å². The van der Waals surface area contributed by atoms with Crippen molar-refractivity contribution < 1.29 is 19.1 Å². The van der Waals surface area contributed by atoms with Crippen molar-refractivity contribution in [3.05, 3.63) is 29.8 Å². The number of methoxy groups -OCH3 is 1. The standard InChI is InChI=1S/C20H28N2O4/c1-13-5-4-6-16(14(13)2)22-20(24)10-8-15-7-9-17(18(11-15)25-3)26-12-19(21)23/h7-11,13-14,16H,4-6,12H2,1-3H3,(H2,21,23)(H,22,24). The van der Waals surface area contributed by atoms with Crippen molar-refractivity contribution in [2.75, 3.05) is 13.7 Å². The fraction of sp³-hybridized carbons (Fsp3) is 0.500. The molecular formula is C20H28N2O4. The lowest BCUT2D eigenvalue weighted by atomic mass is 9.78. The number of benzene rings is 1. The predicted molar refractivity (Wildman–Crippen MR) is 101 cm³/mol. The normalized spacial score (nSPS) is 22.8. The SMILES string of the molecule is COc1cc(C=CC(=O)NC2CCCC(C)C2C)ccc1OCC(N)=O. The molecule has 3 unspecified atom stereocenters. The summed E-state index contributed by atoms with van der Waals surface area (Å²) < 4.78 is 10.6. The van der Waals surface area contributed by atoms with Crippen LogP contribution >= 0.6 is 0 Å². The first-order chi connectivity index (χ1) is 12.4. The van der Waals surface area contributed by atoms with Crippen molar-refractivity contribution in [3.63, 3.8) is 0 Å². The average Bonchev–Trinajstić information content (AvgIpc) is 2.62. The van der Waals surface area contributed by atoms with E-state index in [4.69, 9.17) is 15.2 Å². The lowest BCUT2D eigenvalue weighted by molar-refractivity contribution is -0.120. The van der Waals surface area contributed by atoms with Gasteiger partial charge < -0.3 is 20.5 Å². The summed E-state index contributed by atoms with van der Waals surface area (Å²) in [6.07, 6.45) is 6.68. The van der Waals surface area contributed by atoms with Gasteiger partial charge in [0.05, 0.1) is 7.11 Å². The molecule has 1 fully saturated rings. The second-order valence-corrected chi connectivity index (χ2v) is 6.88. The van der Waals surface area contributed by atoms with E-state index in [9.17, 15) is 9.59 Å². The quantitative estimate of drug-likeness (QED) is 0.731. The Morgan fingerprint density at radius 3 is 2.73 bits per heavy atom. The maximum atomic E-state index is 12.2. The Kier molecular flexibility index (Phi) is 7.06. The second kappa shape index (κ2) is 9.27. The highest BCUT2D eigenvalue weighted by Crippen LogP contribution is 2.30. The molecule has 26 heavy (non-hydrogen) atoms. The highest BCUT2D eigenvalue weighted by atomic mass is 16.5. The lowest BCUT2D eigenvalue weighted by Gasteiger charge is -2.34. The number of rotatable bonds is 7. The smallest absolute Gasteiger partial charge is 0.255 e. The Hall–Kier alpha value is -2.50. The van der Waals surface area contributed by atoms with Crippen LogP contribution in [0.1, 0.15) is 38.7 Å². The Bertz CT molecular complexity index is 672. The number of hydrogen-bond acceptors (Lipinski definition) is 4. The number of nitrogens with one attached hydrogen (secondary N) is 1. The van der Waals surface area contributed by atoms with E-state index >= 15 is 0 Å². The maximum Gasteiger partial charge on any atom is 0.255 e. The van der Waals surface area contributed by atoms with Crippen LogP contribution in [0, 0.1) is 11.8 Å². The minimum Gasteiger partial charge on any atom is -0.493 e. The van der Waals surface area contributed by atoms with Gasteiger partial charge in [-0.05, 0) is 42.0 Å². The van der Waals surface area contributed by atoms with E-state index in [0.29, 0.717) is 23.3 Å². The maximum absolute atomic E-state index is 12.2. The number of amides is 2. The summed E-state index contributed by atoms with van der Waals surface area (Å²) in [5.41, 5.74) is 5.88. The zero-order valence-corrected chi connectivity index (χ0v) is 15.7. The van der Waals surface area contributed by atoms with E-state index in [1.165, 1.54) is 19.6 Å². The van der Waals surface area contributed by atoms with E-state index in [1.54, 1.807) is 24.3 Å². The fourth-order valence-electron chi connectivity index (χ4n) is 3.24. The van der Waals surface area contributed by atoms with Gasteiger partial charge in [-0.1, -0.05) is 32.8 Å². The van der Waals surface area contributed by atoms with Gasteiger partial charge in [0.2, 0.25) is 5.91 Å². The largest absolute Gasteiger partial charge is 0.493 e. The zero-order valence-electron chi connectivity index (χ0n) is 15.7. The minimum atomic E-state index is -0.557. The van der Waals surface area contributed by atoms with Crippen LogP contribution in [0.15, 0.2) is 24.3 Å². The second-order valence-electron chi connectivity index (χ2n) is 6.88. The summed E-state index contributed by atoms with van der Waals surface area (Å²) in [5, 5.41) is 3.11. The molecule has 1 aromatic carbocycles. The molecule has 2 amide bonds. The number of carbonyl (C=O) groups excluding carboxylic acids is 2. The topological polar surface area (TPSA) is 90.7 Å². The molecule has 6 nitrogen and oxygen atoms in total. The van der Waals surface area contributed by atoms with Gasteiger partial charge in [-0.3, -0.25) is 9.59 Å². The summed E-state index contributed by atoms with van der Waals surface area (Å²) in [5.74, 6) is 1.38.